The number of amides is 1. The van der Waals surface area contributed by atoms with E-state index in [2.05, 4.69) is 10.2 Å². The predicted octanol–water partition coefficient (Wildman–Crippen LogP) is 3.15. The third kappa shape index (κ3) is 3.00. The summed E-state index contributed by atoms with van der Waals surface area (Å²) in [7, 11) is 0. The molecule has 1 aromatic carbocycles. The summed E-state index contributed by atoms with van der Waals surface area (Å²) in [4.78, 5) is 24.5. The van der Waals surface area contributed by atoms with Gasteiger partial charge in [0.05, 0.1) is 10.6 Å². The van der Waals surface area contributed by atoms with Gasteiger partial charge in [0.15, 0.2) is 5.78 Å². The highest BCUT2D eigenvalue weighted by Crippen LogP contribution is 2.42. The number of carbonyl (C=O) groups excluding carboxylic acids is 2. The molecule has 0 fully saturated rings. The smallest absolute Gasteiger partial charge is 0.294 e. The van der Waals surface area contributed by atoms with Crippen molar-refractivity contribution in [2.24, 2.45) is 0 Å². The molecule has 26 heavy (non-hydrogen) atoms. The van der Waals surface area contributed by atoms with Crippen molar-refractivity contribution in [2.75, 3.05) is 5.01 Å². The molecule has 6 nitrogen and oxygen atoms in total. The number of hydrogen-bond acceptors (Lipinski definition) is 5. The number of alkyl halides is 3. The van der Waals surface area contributed by atoms with Crippen LogP contribution in [0, 0.1) is 6.92 Å². The molecule has 0 saturated heterocycles. The van der Waals surface area contributed by atoms with Gasteiger partial charge in [-0.1, -0.05) is 29.8 Å². The number of benzene rings is 1. The zero-order chi connectivity index (χ0) is 19.2. The predicted molar refractivity (Wildman–Crippen MR) is 88.6 cm³/mol. The highest BCUT2D eigenvalue weighted by atomic mass is 32.2. The number of rotatable bonds is 2. The molecule has 0 spiro atoms. The third-order valence-corrected chi connectivity index (χ3v) is 4.75. The minimum absolute atomic E-state index is 0.0767. The molecule has 0 aliphatic carbocycles. The van der Waals surface area contributed by atoms with Crippen LogP contribution in [0.15, 0.2) is 34.3 Å². The molecule has 136 valence electrons. The Balaban J connectivity index is 2.30. The maximum Gasteiger partial charge on any atom is 0.453 e. The Kier molecular flexibility index (Phi) is 4.39. The molecular weight excluding hydrogens is 369 g/mol. The molecule has 0 bridgehead atoms. The van der Waals surface area contributed by atoms with Crippen molar-refractivity contribution in [2.45, 2.75) is 32.1 Å². The number of aromatic nitrogens is 3. The Morgan fingerprint density at radius 3 is 2.19 bits per heavy atom. The van der Waals surface area contributed by atoms with E-state index in [1.165, 1.54) is 6.92 Å². The van der Waals surface area contributed by atoms with Crippen molar-refractivity contribution in [3.05, 3.63) is 46.1 Å². The lowest BCUT2D eigenvalue weighted by atomic mass is 10.1. The van der Waals surface area contributed by atoms with Crippen molar-refractivity contribution in [1.29, 1.82) is 0 Å². The second kappa shape index (κ2) is 6.27. The van der Waals surface area contributed by atoms with Crippen LogP contribution in [0.5, 0.6) is 0 Å². The maximum atomic E-state index is 13.3. The topological polar surface area (TPSA) is 68.1 Å². The van der Waals surface area contributed by atoms with Crippen LogP contribution in [0.3, 0.4) is 0 Å². The number of aryl methyl sites for hydroxylation is 1. The lowest BCUT2D eigenvalue weighted by Gasteiger charge is -2.32. The fourth-order valence-electron chi connectivity index (χ4n) is 2.52. The van der Waals surface area contributed by atoms with E-state index < -0.39 is 17.9 Å². The van der Waals surface area contributed by atoms with Crippen LogP contribution < -0.4 is 5.01 Å². The van der Waals surface area contributed by atoms with Crippen LogP contribution >= 0.6 is 11.8 Å². The number of allylic oxidation sites excluding steroid dienone is 1. The normalized spacial score (nSPS) is 14.5. The van der Waals surface area contributed by atoms with Crippen molar-refractivity contribution >= 4 is 29.1 Å². The Bertz CT molecular complexity index is 932. The average molecular weight is 382 g/mol. The van der Waals surface area contributed by atoms with Gasteiger partial charge in [-0.3, -0.25) is 9.59 Å². The quantitative estimate of drug-likeness (QED) is 0.798. The Hall–Kier alpha value is -2.62. The second-order valence-electron chi connectivity index (χ2n) is 5.65. The van der Waals surface area contributed by atoms with Gasteiger partial charge in [0.2, 0.25) is 11.1 Å². The Morgan fingerprint density at radius 1 is 1.08 bits per heavy atom. The lowest BCUT2D eigenvalue weighted by Crippen LogP contribution is -2.43. The van der Waals surface area contributed by atoms with Gasteiger partial charge in [-0.2, -0.15) is 17.8 Å². The maximum absolute atomic E-state index is 13.3. The van der Waals surface area contributed by atoms with Crippen LogP contribution in [0.25, 0.3) is 5.70 Å². The molecule has 0 saturated carbocycles. The number of halogens is 3. The van der Waals surface area contributed by atoms with E-state index in [1.807, 2.05) is 6.92 Å². The van der Waals surface area contributed by atoms with Crippen LogP contribution in [0.1, 0.15) is 30.8 Å². The fourth-order valence-corrected chi connectivity index (χ4v) is 3.49. The summed E-state index contributed by atoms with van der Waals surface area (Å²) in [5.74, 6) is -2.42. The summed E-state index contributed by atoms with van der Waals surface area (Å²) in [5, 5.41) is 7.28. The molecule has 0 atom stereocenters. The van der Waals surface area contributed by atoms with Gasteiger partial charge in [-0.25, -0.2) is 5.01 Å². The van der Waals surface area contributed by atoms with E-state index >= 15 is 0 Å². The first-order valence-electron chi connectivity index (χ1n) is 7.45. The molecule has 1 aliphatic rings. The minimum atomic E-state index is -4.81. The zero-order valence-corrected chi connectivity index (χ0v) is 14.8. The standard InChI is InChI=1S/C16H13F3N4O2S/c1-8-4-6-11(7-5-8)12-13(9(2)24)26-15-21-20-14(16(17,18)19)23(15)22(12)10(3)25/h4-7H,1-3H3. The van der Waals surface area contributed by atoms with Gasteiger partial charge in [-0.15, -0.1) is 10.2 Å². The first kappa shape index (κ1) is 18.2. The van der Waals surface area contributed by atoms with E-state index in [1.54, 1.807) is 24.3 Å². The Morgan fingerprint density at radius 2 is 1.69 bits per heavy atom. The van der Waals surface area contributed by atoms with E-state index in [9.17, 15) is 22.8 Å². The molecule has 2 heterocycles. The molecule has 2 aromatic rings. The highest BCUT2D eigenvalue weighted by molar-refractivity contribution is 8.04. The highest BCUT2D eigenvalue weighted by Gasteiger charge is 2.44. The SMILES string of the molecule is CC(=O)C1=C(c2ccc(C)cc2)N(C(C)=O)n2c(nnc2C(F)(F)F)S1. The van der Waals surface area contributed by atoms with E-state index in [0.29, 0.717) is 10.2 Å². The summed E-state index contributed by atoms with van der Waals surface area (Å²) in [6, 6.07) is 6.78. The number of hydrogen-bond donors (Lipinski definition) is 0. The molecule has 1 amide bonds. The van der Waals surface area contributed by atoms with Crippen LogP contribution in [-0.2, 0) is 15.8 Å². The van der Waals surface area contributed by atoms with Crippen molar-refractivity contribution in [1.82, 2.24) is 14.9 Å². The van der Waals surface area contributed by atoms with E-state index in [4.69, 9.17) is 0 Å². The molecule has 0 N–H and O–H groups in total. The molecular formula is C16H13F3N4O2S. The summed E-state index contributed by atoms with van der Waals surface area (Å²) in [6.07, 6.45) is -4.81. The minimum Gasteiger partial charge on any atom is -0.294 e. The van der Waals surface area contributed by atoms with E-state index in [0.717, 1.165) is 29.3 Å². The second-order valence-corrected chi connectivity index (χ2v) is 6.63. The van der Waals surface area contributed by atoms with Gasteiger partial charge < -0.3 is 0 Å². The zero-order valence-electron chi connectivity index (χ0n) is 14.0. The summed E-state index contributed by atoms with van der Waals surface area (Å²) < 4.78 is 40.6. The molecule has 3 rings (SSSR count). The van der Waals surface area contributed by atoms with Crippen molar-refractivity contribution in [3.63, 3.8) is 0 Å². The molecule has 1 aliphatic heterocycles. The average Bonchev–Trinajstić information content (AvgIpc) is 2.97. The van der Waals surface area contributed by atoms with Gasteiger partial charge in [-0.05, 0) is 25.6 Å². The summed E-state index contributed by atoms with van der Waals surface area (Å²) in [5.41, 5.74) is 1.45. The first-order chi connectivity index (χ1) is 12.1. The number of thioether (sulfide) groups is 1. The summed E-state index contributed by atoms with van der Waals surface area (Å²) >= 11 is 0.756. The number of Topliss-reactive ketones (excluding diaryl/α,β-unsaturated/α-hetero) is 1. The van der Waals surface area contributed by atoms with Gasteiger partial charge in [0.25, 0.3) is 5.82 Å². The van der Waals surface area contributed by atoms with Gasteiger partial charge >= 0.3 is 6.18 Å². The number of nitrogens with zero attached hydrogens (tertiary/aromatic N) is 4. The number of fused-ring (bicyclic) bond motifs is 1. The van der Waals surface area contributed by atoms with Crippen LogP contribution in [-0.4, -0.2) is 26.6 Å². The van der Waals surface area contributed by atoms with Crippen LogP contribution in [0.2, 0.25) is 0 Å². The Labute approximate surface area is 150 Å². The lowest BCUT2D eigenvalue weighted by molar-refractivity contribution is -0.148. The van der Waals surface area contributed by atoms with Crippen molar-refractivity contribution < 1.29 is 22.8 Å². The summed E-state index contributed by atoms with van der Waals surface area (Å²) in [6.45, 7) is 4.25. The molecule has 10 heteroatoms. The fraction of sp³-hybridized carbons (Fsp3) is 0.250. The monoisotopic (exact) mass is 382 g/mol. The molecule has 1 aromatic heterocycles. The largest absolute Gasteiger partial charge is 0.453 e. The molecule has 0 unspecified atom stereocenters. The van der Waals surface area contributed by atoms with Gasteiger partial charge in [0.1, 0.15) is 0 Å². The number of carbonyl (C=O) groups is 2. The molecule has 0 radical (unpaired) electrons. The third-order valence-electron chi connectivity index (χ3n) is 3.63. The number of ketones is 1. The van der Waals surface area contributed by atoms with Crippen molar-refractivity contribution in [3.8, 4) is 0 Å². The first-order valence-corrected chi connectivity index (χ1v) is 8.26. The van der Waals surface area contributed by atoms with Crippen LogP contribution in [0.4, 0.5) is 13.2 Å². The van der Waals surface area contributed by atoms with Gasteiger partial charge in [0, 0.05) is 12.5 Å². The van der Waals surface area contributed by atoms with E-state index in [-0.39, 0.29) is 21.5 Å².